The van der Waals surface area contributed by atoms with Gasteiger partial charge in [-0.3, -0.25) is 14.5 Å². The van der Waals surface area contributed by atoms with Gasteiger partial charge in [0.25, 0.3) is 0 Å². The molecule has 26 heavy (non-hydrogen) atoms. The van der Waals surface area contributed by atoms with Crippen molar-refractivity contribution in [3.8, 4) is 0 Å². The van der Waals surface area contributed by atoms with Crippen molar-refractivity contribution >= 4 is 40.9 Å². The van der Waals surface area contributed by atoms with Crippen LogP contribution in [-0.2, 0) is 14.3 Å². The molecule has 2 rings (SSSR count). The molecule has 7 heteroatoms. The zero-order valence-electron chi connectivity index (χ0n) is 14.7. The molecule has 2 aromatic rings. The summed E-state index contributed by atoms with van der Waals surface area (Å²) in [6.07, 6.45) is 0. The summed E-state index contributed by atoms with van der Waals surface area (Å²) >= 11 is 7.46. The Morgan fingerprint density at radius 2 is 1.81 bits per heavy atom. The van der Waals surface area contributed by atoms with Crippen LogP contribution in [0.1, 0.15) is 6.92 Å². The molecular formula is C19H21ClN2O3S. The molecule has 1 amide bonds. The minimum atomic E-state index is -0.346. The first-order chi connectivity index (χ1) is 12.5. The highest BCUT2D eigenvalue weighted by Crippen LogP contribution is 2.33. The van der Waals surface area contributed by atoms with Gasteiger partial charge >= 0.3 is 5.97 Å². The third-order valence-corrected chi connectivity index (χ3v) is 4.66. The lowest BCUT2D eigenvalue weighted by Gasteiger charge is -2.16. The minimum absolute atomic E-state index is 0.0719. The van der Waals surface area contributed by atoms with E-state index in [0.29, 0.717) is 11.6 Å². The minimum Gasteiger partial charge on any atom is -0.465 e. The van der Waals surface area contributed by atoms with Crippen molar-refractivity contribution in [3.05, 3.63) is 53.6 Å². The molecule has 138 valence electrons. The third-order valence-electron chi connectivity index (χ3n) is 3.32. The second kappa shape index (κ2) is 10.2. The molecule has 0 aromatic heterocycles. The van der Waals surface area contributed by atoms with Crippen molar-refractivity contribution in [1.29, 1.82) is 0 Å². The van der Waals surface area contributed by atoms with Crippen molar-refractivity contribution in [2.24, 2.45) is 0 Å². The van der Waals surface area contributed by atoms with Crippen LogP contribution in [0.4, 0.5) is 5.69 Å². The zero-order chi connectivity index (χ0) is 18.9. The summed E-state index contributed by atoms with van der Waals surface area (Å²) in [5, 5.41) is 3.58. The maximum Gasteiger partial charge on any atom is 0.320 e. The molecule has 1 N–H and O–H groups in total. The first-order valence-corrected chi connectivity index (χ1v) is 9.34. The van der Waals surface area contributed by atoms with E-state index in [1.807, 2.05) is 48.5 Å². The molecule has 0 radical (unpaired) electrons. The topological polar surface area (TPSA) is 58.6 Å². The lowest BCUT2D eigenvalue weighted by molar-refractivity contribution is -0.144. The fourth-order valence-corrected chi connectivity index (χ4v) is 3.23. The molecule has 0 bridgehead atoms. The smallest absolute Gasteiger partial charge is 0.320 e. The van der Waals surface area contributed by atoms with Gasteiger partial charge in [0.1, 0.15) is 0 Å². The van der Waals surface area contributed by atoms with Crippen LogP contribution in [0.3, 0.4) is 0 Å². The number of rotatable bonds is 8. The Morgan fingerprint density at radius 3 is 2.50 bits per heavy atom. The molecule has 0 unspecified atom stereocenters. The van der Waals surface area contributed by atoms with Crippen molar-refractivity contribution in [3.63, 3.8) is 0 Å². The van der Waals surface area contributed by atoms with E-state index in [0.717, 1.165) is 15.5 Å². The first kappa shape index (κ1) is 20.3. The van der Waals surface area contributed by atoms with Crippen molar-refractivity contribution in [2.75, 3.05) is 32.1 Å². The largest absolute Gasteiger partial charge is 0.465 e. The van der Waals surface area contributed by atoms with E-state index >= 15 is 0 Å². The molecule has 0 saturated heterocycles. The third kappa shape index (κ3) is 6.71. The maximum absolute atomic E-state index is 12.3. The monoisotopic (exact) mass is 392 g/mol. The van der Waals surface area contributed by atoms with Crippen LogP contribution in [0.15, 0.2) is 58.3 Å². The van der Waals surface area contributed by atoms with E-state index < -0.39 is 0 Å². The van der Waals surface area contributed by atoms with Gasteiger partial charge in [-0.1, -0.05) is 35.5 Å². The molecule has 0 heterocycles. The number of carbonyl (C=O) groups excluding carboxylic acids is 2. The maximum atomic E-state index is 12.3. The second-order valence-corrected chi connectivity index (χ2v) is 7.13. The number of nitrogens with one attached hydrogen (secondary N) is 1. The number of hydrogen-bond donors (Lipinski definition) is 1. The summed E-state index contributed by atoms with van der Waals surface area (Å²) in [5.74, 6) is -0.539. The predicted octanol–water partition coefficient (Wildman–Crippen LogP) is 3.92. The number of hydrogen-bond acceptors (Lipinski definition) is 5. The highest BCUT2D eigenvalue weighted by Gasteiger charge is 2.13. The van der Waals surface area contributed by atoms with Crippen LogP contribution in [0.5, 0.6) is 0 Å². The van der Waals surface area contributed by atoms with E-state index in [2.05, 4.69) is 5.32 Å². The van der Waals surface area contributed by atoms with Crippen LogP contribution >= 0.6 is 23.4 Å². The van der Waals surface area contributed by atoms with Gasteiger partial charge in [0.15, 0.2) is 0 Å². The van der Waals surface area contributed by atoms with Crippen molar-refractivity contribution < 1.29 is 14.3 Å². The van der Waals surface area contributed by atoms with Gasteiger partial charge in [-0.2, -0.15) is 0 Å². The lowest BCUT2D eigenvalue weighted by atomic mass is 10.3. The number of carbonyl (C=O) groups is 2. The Kier molecular flexibility index (Phi) is 7.97. The lowest BCUT2D eigenvalue weighted by Crippen LogP contribution is -2.34. The summed E-state index contributed by atoms with van der Waals surface area (Å²) in [5.41, 5.74) is 0.724. The molecule has 0 saturated carbocycles. The van der Waals surface area contributed by atoms with Gasteiger partial charge in [-0.15, -0.1) is 0 Å². The van der Waals surface area contributed by atoms with Crippen LogP contribution in [0.25, 0.3) is 0 Å². The number of anilines is 1. The summed E-state index contributed by atoms with van der Waals surface area (Å²) in [7, 11) is 1.70. The first-order valence-electron chi connectivity index (χ1n) is 8.14. The normalized spacial score (nSPS) is 10.6. The second-order valence-electron chi connectivity index (χ2n) is 5.58. The van der Waals surface area contributed by atoms with Gasteiger partial charge in [0, 0.05) is 14.8 Å². The van der Waals surface area contributed by atoms with E-state index in [-0.39, 0.29) is 25.0 Å². The van der Waals surface area contributed by atoms with Crippen molar-refractivity contribution in [2.45, 2.75) is 16.7 Å². The molecule has 0 spiro atoms. The fourth-order valence-electron chi connectivity index (χ4n) is 2.21. The summed E-state index contributed by atoms with van der Waals surface area (Å²) in [6, 6.07) is 15.1. The quantitative estimate of drug-likeness (QED) is 0.690. The molecule has 5 nitrogen and oxygen atoms in total. The Balaban J connectivity index is 1.97. The SMILES string of the molecule is CCOC(=O)CN(C)CC(=O)Nc1ccccc1Sc1ccc(Cl)cc1. The molecule has 0 fully saturated rings. The number of benzene rings is 2. The Morgan fingerprint density at radius 1 is 1.12 bits per heavy atom. The van der Waals surface area contributed by atoms with Crippen LogP contribution in [-0.4, -0.2) is 43.5 Å². The number of para-hydroxylation sites is 1. The van der Waals surface area contributed by atoms with Gasteiger partial charge in [-0.05, 0) is 50.4 Å². The van der Waals surface area contributed by atoms with Gasteiger partial charge < -0.3 is 10.1 Å². The Bertz CT molecular complexity index is 753. The summed E-state index contributed by atoms with van der Waals surface area (Å²) in [6.45, 7) is 2.25. The fraction of sp³-hybridized carbons (Fsp3) is 0.263. The Labute approximate surface area is 162 Å². The number of nitrogens with zero attached hydrogens (tertiary/aromatic N) is 1. The van der Waals surface area contributed by atoms with Crippen LogP contribution < -0.4 is 5.32 Å². The number of amides is 1. The average Bonchev–Trinajstić information content (AvgIpc) is 2.58. The Hall–Kier alpha value is -2.02. The standard InChI is InChI=1S/C19H21ClN2O3S/c1-3-25-19(24)13-22(2)12-18(23)21-16-6-4-5-7-17(16)26-15-10-8-14(20)9-11-15/h4-11H,3,12-13H2,1-2H3,(H,21,23). The van der Waals surface area contributed by atoms with E-state index in [1.54, 1.807) is 18.9 Å². The zero-order valence-corrected chi connectivity index (χ0v) is 16.3. The highest BCUT2D eigenvalue weighted by molar-refractivity contribution is 7.99. The summed E-state index contributed by atoms with van der Waals surface area (Å²) < 4.78 is 4.88. The number of likely N-dealkylation sites (N-methyl/N-ethyl adjacent to an activating group) is 1. The molecule has 2 aromatic carbocycles. The number of esters is 1. The molecule has 0 aliphatic heterocycles. The number of ether oxygens (including phenoxy) is 1. The number of halogens is 1. The van der Waals surface area contributed by atoms with Crippen molar-refractivity contribution in [1.82, 2.24) is 4.90 Å². The highest BCUT2D eigenvalue weighted by atomic mass is 35.5. The van der Waals surface area contributed by atoms with E-state index in [4.69, 9.17) is 16.3 Å². The van der Waals surface area contributed by atoms with Gasteiger partial charge in [0.05, 0.1) is 25.4 Å². The van der Waals surface area contributed by atoms with Crippen LogP contribution in [0.2, 0.25) is 5.02 Å². The predicted molar refractivity (Wildman–Crippen MR) is 105 cm³/mol. The van der Waals surface area contributed by atoms with E-state index in [1.165, 1.54) is 11.8 Å². The van der Waals surface area contributed by atoms with Crippen LogP contribution in [0, 0.1) is 0 Å². The molecule has 0 aliphatic rings. The molecular weight excluding hydrogens is 372 g/mol. The van der Waals surface area contributed by atoms with Gasteiger partial charge in [0.2, 0.25) is 5.91 Å². The van der Waals surface area contributed by atoms with Gasteiger partial charge in [-0.25, -0.2) is 0 Å². The van der Waals surface area contributed by atoms with E-state index in [9.17, 15) is 9.59 Å². The summed E-state index contributed by atoms with van der Waals surface area (Å²) in [4.78, 5) is 27.3. The molecule has 0 atom stereocenters. The molecule has 0 aliphatic carbocycles. The average molecular weight is 393 g/mol.